The van der Waals surface area contributed by atoms with Crippen molar-refractivity contribution in [1.82, 2.24) is 15.8 Å². The Kier molecular flexibility index (Phi) is 5.55. The van der Waals surface area contributed by atoms with Gasteiger partial charge in [-0.3, -0.25) is 4.79 Å². The fourth-order valence-electron chi connectivity index (χ4n) is 2.33. The third kappa shape index (κ3) is 3.80. The summed E-state index contributed by atoms with van der Waals surface area (Å²) in [6, 6.07) is 1.93. The van der Waals surface area contributed by atoms with E-state index in [-0.39, 0.29) is 5.91 Å². The van der Waals surface area contributed by atoms with E-state index in [0.29, 0.717) is 31.4 Å². The summed E-state index contributed by atoms with van der Waals surface area (Å²) in [5.41, 5.74) is 0.967. The standard InChI is InChI=1S/C14H23N3O3/c1-3-10(4-2)12-7-11(20-17-12)8-16-14(18)13-9-15-5-6-19-13/h7,10,13,15H,3-6,8-9H2,1-2H3,(H,16,18). The number of hydrogen-bond acceptors (Lipinski definition) is 5. The number of aromatic nitrogens is 1. The van der Waals surface area contributed by atoms with Crippen molar-refractivity contribution in [2.45, 2.75) is 45.3 Å². The Morgan fingerprint density at radius 3 is 3.00 bits per heavy atom. The molecule has 2 rings (SSSR count). The third-order valence-corrected chi connectivity index (χ3v) is 3.64. The minimum Gasteiger partial charge on any atom is -0.366 e. The highest BCUT2D eigenvalue weighted by molar-refractivity contribution is 5.81. The van der Waals surface area contributed by atoms with Crippen molar-refractivity contribution in [3.8, 4) is 0 Å². The summed E-state index contributed by atoms with van der Waals surface area (Å²) in [5, 5.41) is 10.0. The quantitative estimate of drug-likeness (QED) is 0.819. The summed E-state index contributed by atoms with van der Waals surface area (Å²) in [4.78, 5) is 11.9. The summed E-state index contributed by atoms with van der Waals surface area (Å²) < 4.78 is 10.7. The zero-order chi connectivity index (χ0) is 14.4. The van der Waals surface area contributed by atoms with E-state index < -0.39 is 6.10 Å². The molecule has 0 bridgehead atoms. The zero-order valence-electron chi connectivity index (χ0n) is 12.1. The van der Waals surface area contributed by atoms with Gasteiger partial charge in [0.15, 0.2) is 5.76 Å². The van der Waals surface area contributed by atoms with Gasteiger partial charge in [0.1, 0.15) is 6.10 Å². The van der Waals surface area contributed by atoms with Crippen LogP contribution in [0.3, 0.4) is 0 Å². The van der Waals surface area contributed by atoms with Crippen molar-refractivity contribution >= 4 is 5.91 Å². The van der Waals surface area contributed by atoms with Crippen LogP contribution in [0.5, 0.6) is 0 Å². The summed E-state index contributed by atoms with van der Waals surface area (Å²) in [7, 11) is 0. The lowest BCUT2D eigenvalue weighted by Crippen LogP contribution is -2.47. The van der Waals surface area contributed by atoms with Crippen LogP contribution < -0.4 is 10.6 Å². The maximum absolute atomic E-state index is 11.9. The van der Waals surface area contributed by atoms with Gasteiger partial charge in [0, 0.05) is 25.1 Å². The molecular weight excluding hydrogens is 258 g/mol. The number of nitrogens with zero attached hydrogens (tertiary/aromatic N) is 1. The predicted octanol–water partition coefficient (Wildman–Crippen LogP) is 1.18. The summed E-state index contributed by atoms with van der Waals surface area (Å²) >= 11 is 0. The summed E-state index contributed by atoms with van der Waals surface area (Å²) in [6.45, 7) is 6.55. The number of carbonyl (C=O) groups is 1. The molecular formula is C14H23N3O3. The SMILES string of the molecule is CCC(CC)c1cc(CNC(=O)C2CNCCO2)on1. The molecule has 1 saturated heterocycles. The second kappa shape index (κ2) is 7.40. The molecule has 0 radical (unpaired) electrons. The van der Waals surface area contributed by atoms with E-state index in [9.17, 15) is 4.79 Å². The van der Waals surface area contributed by atoms with E-state index in [1.807, 2.05) is 6.07 Å². The van der Waals surface area contributed by atoms with Crippen LogP contribution in [0.25, 0.3) is 0 Å². The van der Waals surface area contributed by atoms with E-state index in [2.05, 4.69) is 29.6 Å². The van der Waals surface area contributed by atoms with Crippen molar-refractivity contribution in [3.63, 3.8) is 0 Å². The Bertz CT molecular complexity index is 423. The highest BCUT2D eigenvalue weighted by Crippen LogP contribution is 2.22. The third-order valence-electron chi connectivity index (χ3n) is 3.64. The molecule has 2 N–H and O–H groups in total. The molecule has 6 heteroatoms. The van der Waals surface area contributed by atoms with Gasteiger partial charge in [-0.2, -0.15) is 0 Å². The molecule has 0 saturated carbocycles. The van der Waals surface area contributed by atoms with Gasteiger partial charge in [0.05, 0.1) is 18.8 Å². The topological polar surface area (TPSA) is 76.4 Å². The largest absolute Gasteiger partial charge is 0.366 e. The van der Waals surface area contributed by atoms with Gasteiger partial charge in [-0.05, 0) is 12.8 Å². The molecule has 1 aliphatic heterocycles. The fourth-order valence-corrected chi connectivity index (χ4v) is 2.33. The van der Waals surface area contributed by atoms with E-state index in [1.54, 1.807) is 0 Å². The minimum absolute atomic E-state index is 0.113. The first-order chi connectivity index (χ1) is 9.74. The van der Waals surface area contributed by atoms with Crippen molar-refractivity contribution in [2.24, 2.45) is 0 Å². The molecule has 1 aromatic heterocycles. The zero-order valence-corrected chi connectivity index (χ0v) is 12.1. The normalized spacial score (nSPS) is 19.2. The molecule has 1 unspecified atom stereocenters. The number of ether oxygens (including phenoxy) is 1. The number of carbonyl (C=O) groups excluding carboxylic acids is 1. The molecule has 1 atom stereocenters. The Hall–Kier alpha value is -1.40. The number of hydrogen-bond donors (Lipinski definition) is 2. The molecule has 0 aromatic carbocycles. The monoisotopic (exact) mass is 281 g/mol. The smallest absolute Gasteiger partial charge is 0.250 e. The minimum atomic E-state index is -0.412. The average Bonchev–Trinajstić information content (AvgIpc) is 2.96. The molecule has 1 aliphatic rings. The Morgan fingerprint density at radius 1 is 1.55 bits per heavy atom. The lowest BCUT2D eigenvalue weighted by atomic mass is 9.99. The van der Waals surface area contributed by atoms with E-state index in [1.165, 1.54) is 0 Å². The summed E-state index contributed by atoms with van der Waals surface area (Å²) in [6.07, 6.45) is 1.66. The first-order valence-electron chi connectivity index (χ1n) is 7.30. The van der Waals surface area contributed by atoms with Crippen LogP contribution in [0.2, 0.25) is 0 Å². The fraction of sp³-hybridized carbons (Fsp3) is 0.714. The second-order valence-electron chi connectivity index (χ2n) is 5.01. The van der Waals surface area contributed by atoms with Gasteiger partial charge < -0.3 is 19.9 Å². The number of nitrogens with one attached hydrogen (secondary N) is 2. The molecule has 1 fully saturated rings. The Labute approximate surface area is 119 Å². The molecule has 2 heterocycles. The van der Waals surface area contributed by atoms with Crippen LogP contribution in [0.4, 0.5) is 0 Å². The number of rotatable bonds is 6. The first-order valence-corrected chi connectivity index (χ1v) is 7.30. The van der Waals surface area contributed by atoms with Crippen molar-refractivity contribution in [3.05, 3.63) is 17.5 Å². The van der Waals surface area contributed by atoms with Gasteiger partial charge in [-0.1, -0.05) is 19.0 Å². The van der Waals surface area contributed by atoms with Gasteiger partial charge in [-0.15, -0.1) is 0 Å². The van der Waals surface area contributed by atoms with Crippen LogP contribution in [0.1, 0.15) is 44.1 Å². The summed E-state index contributed by atoms with van der Waals surface area (Å²) in [5.74, 6) is 0.996. The molecule has 0 spiro atoms. The Morgan fingerprint density at radius 2 is 2.35 bits per heavy atom. The first kappa shape index (κ1) is 15.0. The van der Waals surface area contributed by atoms with Crippen molar-refractivity contribution < 1.29 is 14.1 Å². The molecule has 0 aliphatic carbocycles. The highest BCUT2D eigenvalue weighted by Gasteiger charge is 2.22. The lowest BCUT2D eigenvalue weighted by Gasteiger charge is -2.22. The molecule has 20 heavy (non-hydrogen) atoms. The average molecular weight is 281 g/mol. The van der Waals surface area contributed by atoms with Crippen LogP contribution in [-0.4, -0.2) is 36.9 Å². The molecule has 112 valence electrons. The molecule has 6 nitrogen and oxygen atoms in total. The van der Waals surface area contributed by atoms with Crippen LogP contribution in [-0.2, 0) is 16.1 Å². The maximum Gasteiger partial charge on any atom is 0.250 e. The predicted molar refractivity (Wildman–Crippen MR) is 74.3 cm³/mol. The second-order valence-corrected chi connectivity index (χ2v) is 5.01. The number of amides is 1. The van der Waals surface area contributed by atoms with Gasteiger partial charge in [0.25, 0.3) is 5.91 Å². The van der Waals surface area contributed by atoms with Gasteiger partial charge >= 0.3 is 0 Å². The lowest BCUT2D eigenvalue weighted by molar-refractivity contribution is -0.134. The van der Waals surface area contributed by atoms with Crippen LogP contribution in [0.15, 0.2) is 10.6 Å². The van der Waals surface area contributed by atoms with E-state index >= 15 is 0 Å². The van der Waals surface area contributed by atoms with Gasteiger partial charge in [0.2, 0.25) is 0 Å². The molecule has 1 aromatic rings. The van der Waals surface area contributed by atoms with Crippen molar-refractivity contribution in [1.29, 1.82) is 0 Å². The molecule has 1 amide bonds. The highest BCUT2D eigenvalue weighted by atomic mass is 16.5. The number of morpholine rings is 1. The van der Waals surface area contributed by atoms with Crippen LogP contribution >= 0.6 is 0 Å². The van der Waals surface area contributed by atoms with Crippen molar-refractivity contribution in [2.75, 3.05) is 19.7 Å². The van der Waals surface area contributed by atoms with Gasteiger partial charge in [-0.25, -0.2) is 0 Å². The Balaban J connectivity index is 1.83. The maximum atomic E-state index is 11.9. The van der Waals surface area contributed by atoms with E-state index in [4.69, 9.17) is 9.26 Å². The van der Waals surface area contributed by atoms with Crippen LogP contribution in [0, 0.1) is 0 Å². The van der Waals surface area contributed by atoms with E-state index in [0.717, 1.165) is 25.1 Å².